The van der Waals surface area contributed by atoms with Crippen LogP contribution in [0.4, 0.5) is 0 Å². The minimum Gasteiger partial charge on any atom is -0.337 e. The van der Waals surface area contributed by atoms with Crippen molar-refractivity contribution < 1.29 is 9.59 Å². The molecule has 5 nitrogen and oxygen atoms in total. The first-order chi connectivity index (χ1) is 11.1. The zero-order chi connectivity index (χ0) is 16.4. The van der Waals surface area contributed by atoms with E-state index in [1.54, 1.807) is 0 Å². The van der Waals surface area contributed by atoms with Crippen LogP contribution in [-0.4, -0.2) is 53.8 Å². The molecule has 1 N–H and O–H groups in total. The molecule has 0 aromatic heterocycles. The highest BCUT2D eigenvalue weighted by Crippen LogP contribution is 2.29. The predicted octanol–water partition coefficient (Wildman–Crippen LogP) is 1.84. The number of carbonyl (C=O) groups excluding carboxylic acids is 2. The fourth-order valence-electron chi connectivity index (χ4n) is 3.59. The van der Waals surface area contributed by atoms with Crippen molar-refractivity contribution in [3.63, 3.8) is 0 Å². The molecule has 1 aromatic carbocycles. The van der Waals surface area contributed by atoms with Gasteiger partial charge in [-0.15, -0.1) is 12.4 Å². The first-order valence-electron chi connectivity index (χ1n) is 8.43. The maximum Gasteiger partial charge on any atom is 0.228 e. The number of halogens is 1. The van der Waals surface area contributed by atoms with Crippen molar-refractivity contribution in [1.29, 1.82) is 0 Å². The molecule has 0 bridgehead atoms. The summed E-state index contributed by atoms with van der Waals surface area (Å²) in [6, 6.07) is 10.2. The number of likely N-dealkylation sites (tertiary alicyclic amines) is 1. The fourth-order valence-corrected chi connectivity index (χ4v) is 3.59. The third-order valence-corrected chi connectivity index (χ3v) is 5.04. The lowest BCUT2D eigenvalue weighted by Gasteiger charge is -2.35. The SMILES string of the molecule is CC(c1ccccc1)N1CC(C(=O)N2CCNC[C@@H]2C)CC1=O.Cl. The molecule has 2 aliphatic rings. The molecule has 0 spiro atoms. The van der Waals surface area contributed by atoms with Gasteiger partial charge >= 0.3 is 0 Å². The van der Waals surface area contributed by atoms with Crippen molar-refractivity contribution in [2.75, 3.05) is 26.2 Å². The lowest BCUT2D eigenvalue weighted by Crippen LogP contribution is -2.54. The van der Waals surface area contributed by atoms with Gasteiger partial charge in [0.25, 0.3) is 0 Å². The van der Waals surface area contributed by atoms with E-state index in [0.717, 1.165) is 25.2 Å². The van der Waals surface area contributed by atoms with Gasteiger partial charge in [-0.3, -0.25) is 9.59 Å². The Kier molecular flexibility index (Phi) is 6.24. The third-order valence-electron chi connectivity index (χ3n) is 5.04. The first kappa shape index (κ1) is 18.7. The molecule has 132 valence electrons. The molecule has 1 aromatic rings. The Labute approximate surface area is 149 Å². The molecule has 0 saturated carbocycles. The monoisotopic (exact) mass is 351 g/mol. The number of piperazine rings is 1. The van der Waals surface area contributed by atoms with Crippen LogP contribution in [0.5, 0.6) is 0 Å². The lowest BCUT2D eigenvalue weighted by molar-refractivity contribution is -0.138. The van der Waals surface area contributed by atoms with Crippen LogP contribution < -0.4 is 5.32 Å². The molecule has 3 rings (SSSR count). The van der Waals surface area contributed by atoms with Gasteiger partial charge in [0.1, 0.15) is 0 Å². The average molecular weight is 352 g/mol. The highest BCUT2D eigenvalue weighted by molar-refractivity contribution is 5.89. The van der Waals surface area contributed by atoms with E-state index in [0.29, 0.717) is 13.0 Å². The van der Waals surface area contributed by atoms with Crippen LogP contribution in [0.3, 0.4) is 0 Å². The fraction of sp³-hybridized carbons (Fsp3) is 0.556. The van der Waals surface area contributed by atoms with Crippen molar-refractivity contribution in [2.24, 2.45) is 5.92 Å². The number of benzene rings is 1. The van der Waals surface area contributed by atoms with Crippen LogP contribution in [-0.2, 0) is 9.59 Å². The molecular weight excluding hydrogens is 326 g/mol. The number of nitrogens with one attached hydrogen (secondary N) is 1. The standard InChI is InChI=1S/C18H25N3O2.ClH/c1-13-11-19-8-9-20(13)18(23)16-10-17(22)21(12-16)14(2)15-6-4-3-5-7-15;/h3-7,13-14,16,19H,8-12H2,1-2H3;1H/t13-,14?,16?;/m0./s1. The molecule has 0 aliphatic carbocycles. The van der Waals surface area contributed by atoms with Crippen molar-refractivity contribution in [3.05, 3.63) is 35.9 Å². The summed E-state index contributed by atoms with van der Waals surface area (Å²) >= 11 is 0. The first-order valence-corrected chi connectivity index (χ1v) is 8.43. The van der Waals surface area contributed by atoms with Gasteiger partial charge in [0.15, 0.2) is 0 Å². The molecule has 6 heteroatoms. The summed E-state index contributed by atoms with van der Waals surface area (Å²) in [7, 11) is 0. The van der Waals surface area contributed by atoms with Crippen molar-refractivity contribution in [2.45, 2.75) is 32.4 Å². The maximum atomic E-state index is 12.8. The van der Waals surface area contributed by atoms with Gasteiger partial charge in [-0.2, -0.15) is 0 Å². The van der Waals surface area contributed by atoms with Crippen molar-refractivity contribution >= 4 is 24.2 Å². The topological polar surface area (TPSA) is 52.7 Å². The minimum atomic E-state index is -0.200. The van der Waals surface area contributed by atoms with Gasteiger partial charge in [0, 0.05) is 38.6 Å². The average Bonchev–Trinajstić information content (AvgIpc) is 2.96. The highest BCUT2D eigenvalue weighted by atomic mass is 35.5. The summed E-state index contributed by atoms with van der Waals surface area (Å²) in [5.74, 6) is 0.0202. The van der Waals surface area contributed by atoms with Crippen molar-refractivity contribution in [1.82, 2.24) is 15.1 Å². The Balaban J connectivity index is 0.00000208. The number of amides is 2. The van der Waals surface area contributed by atoms with Crippen LogP contribution >= 0.6 is 12.4 Å². The van der Waals surface area contributed by atoms with Crippen molar-refractivity contribution in [3.8, 4) is 0 Å². The molecule has 2 fully saturated rings. The van der Waals surface area contributed by atoms with Gasteiger partial charge in [-0.05, 0) is 19.4 Å². The van der Waals surface area contributed by atoms with E-state index in [1.807, 2.05) is 47.1 Å². The molecule has 2 aliphatic heterocycles. The molecule has 3 atom stereocenters. The Bertz CT molecular complexity index is 581. The van der Waals surface area contributed by atoms with Crippen LogP contribution in [0.15, 0.2) is 30.3 Å². The summed E-state index contributed by atoms with van der Waals surface area (Å²) in [6.45, 7) is 7.03. The summed E-state index contributed by atoms with van der Waals surface area (Å²) in [5, 5.41) is 3.30. The lowest BCUT2D eigenvalue weighted by atomic mass is 10.0. The van der Waals surface area contributed by atoms with Crippen LogP contribution in [0, 0.1) is 5.92 Å². The van der Waals surface area contributed by atoms with Crippen LogP contribution in [0.1, 0.15) is 31.9 Å². The quantitative estimate of drug-likeness (QED) is 0.904. The summed E-state index contributed by atoms with van der Waals surface area (Å²) in [6.07, 6.45) is 0.340. The molecule has 2 amide bonds. The predicted molar refractivity (Wildman–Crippen MR) is 96.0 cm³/mol. The zero-order valence-corrected chi connectivity index (χ0v) is 15.1. The Morgan fingerprint density at radius 1 is 1.29 bits per heavy atom. The zero-order valence-electron chi connectivity index (χ0n) is 14.3. The van der Waals surface area contributed by atoms with Gasteiger partial charge in [0.2, 0.25) is 11.8 Å². The minimum absolute atomic E-state index is 0. The van der Waals surface area contributed by atoms with Crippen LogP contribution in [0.25, 0.3) is 0 Å². The molecular formula is C18H26ClN3O2. The summed E-state index contributed by atoms with van der Waals surface area (Å²) in [5.41, 5.74) is 1.12. The Morgan fingerprint density at radius 2 is 2.00 bits per heavy atom. The number of hydrogen-bond acceptors (Lipinski definition) is 3. The number of rotatable bonds is 3. The Hall–Kier alpha value is -1.59. The van der Waals surface area contributed by atoms with Gasteiger partial charge in [-0.25, -0.2) is 0 Å². The molecule has 2 saturated heterocycles. The largest absolute Gasteiger partial charge is 0.337 e. The number of carbonyl (C=O) groups is 2. The third kappa shape index (κ3) is 3.73. The molecule has 24 heavy (non-hydrogen) atoms. The molecule has 2 heterocycles. The van der Waals surface area contributed by atoms with E-state index in [2.05, 4.69) is 12.2 Å². The maximum absolute atomic E-state index is 12.8. The second-order valence-corrected chi connectivity index (χ2v) is 6.62. The van der Waals surface area contributed by atoms with E-state index in [4.69, 9.17) is 0 Å². The second kappa shape index (κ2) is 7.99. The van der Waals surface area contributed by atoms with Gasteiger partial charge in [-0.1, -0.05) is 30.3 Å². The van der Waals surface area contributed by atoms with E-state index in [-0.39, 0.29) is 42.2 Å². The highest BCUT2D eigenvalue weighted by Gasteiger charge is 2.39. The summed E-state index contributed by atoms with van der Waals surface area (Å²) < 4.78 is 0. The number of nitrogens with zero attached hydrogens (tertiary/aromatic N) is 2. The van der Waals surface area contributed by atoms with E-state index < -0.39 is 0 Å². The van der Waals surface area contributed by atoms with E-state index in [9.17, 15) is 9.59 Å². The molecule has 0 radical (unpaired) electrons. The second-order valence-electron chi connectivity index (χ2n) is 6.62. The summed E-state index contributed by atoms with van der Waals surface area (Å²) in [4.78, 5) is 29.0. The molecule has 2 unspecified atom stereocenters. The van der Waals surface area contributed by atoms with E-state index >= 15 is 0 Å². The van der Waals surface area contributed by atoms with E-state index in [1.165, 1.54) is 0 Å². The van der Waals surface area contributed by atoms with Crippen LogP contribution in [0.2, 0.25) is 0 Å². The van der Waals surface area contributed by atoms with Gasteiger partial charge in [0.05, 0.1) is 12.0 Å². The smallest absolute Gasteiger partial charge is 0.228 e. The Morgan fingerprint density at radius 3 is 2.67 bits per heavy atom. The van der Waals surface area contributed by atoms with Gasteiger partial charge < -0.3 is 15.1 Å². The normalized spacial score (nSPS) is 25.3. The number of hydrogen-bond donors (Lipinski definition) is 1.